The monoisotopic (exact) mass is 200 g/mol. The van der Waals surface area contributed by atoms with Crippen molar-refractivity contribution >= 4 is 0 Å². The summed E-state index contributed by atoms with van der Waals surface area (Å²) in [6.07, 6.45) is 2.12. The highest BCUT2D eigenvalue weighted by Crippen LogP contribution is 2.21. The number of rotatable bonds is 4. The summed E-state index contributed by atoms with van der Waals surface area (Å²) >= 11 is 0. The van der Waals surface area contributed by atoms with E-state index >= 15 is 0 Å². The van der Waals surface area contributed by atoms with Gasteiger partial charge in [-0.2, -0.15) is 0 Å². The highest BCUT2D eigenvalue weighted by molar-refractivity contribution is 4.79. The van der Waals surface area contributed by atoms with E-state index in [1.54, 1.807) is 0 Å². The van der Waals surface area contributed by atoms with Crippen molar-refractivity contribution in [3.05, 3.63) is 0 Å². The number of hydrogen-bond acceptors (Lipinski definition) is 3. The van der Waals surface area contributed by atoms with E-state index < -0.39 is 0 Å². The molecule has 0 amide bonds. The molecule has 1 unspecified atom stereocenters. The van der Waals surface area contributed by atoms with Crippen LogP contribution in [-0.4, -0.2) is 48.8 Å². The largest absolute Gasteiger partial charge is 0.392 e. The Kier molecular flexibility index (Phi) is 4.85. The summed E-state index contributed by atoms with van der Waals surface area (Å²) in [4.78, 5) is 2.49. The first-order valence-electron chi connectivity index (χ1n) is 5.72. The van der Waals surface area contributed by atoms with Crippen LogP contribution < -0.4 is 5.32 Å². The summed E-state index contributed by atoms with van der Waals surface area (Å²) in [5.41, 5.74) is 0. The number of likely N-dealkylation sites (tertiary alicyclic amines) is 1. The van der Waals surface area contributed by atoms with Crippen LogP contribution in [0.4, 0.5) is 0 Å². The Morgan fingerprint density at radius 2 is 1.93 bits per heavy atom. The number of nitrogens with zero attached hydrogens (tertiary/aromatic N) is 1. The molecule has 3 heteroatoms. The van der Waals surface area contributed by atoms with Gasteiger partial charge in [-0.05, 0) is 52.7 Å². The lowest BCUT2D eigenvalue weighted by Crippen LogP contribution is -2.43. The molecule has 1 atom stereocenters. The number of likely N-dealkylation sites (N-methyl/N-ethyl adjacent to an activating group) is 1. The molecule has 0 bridgehead atoms. The third-order valence-corrected chi connectivity index (χ3v) is 3.26. The van der Waals surface area contributed by atoms with Crippen LogP contribution in [0.3, 0.4) is 0 Å². The van der Waals surface area contributed by atoms with Crippen LogP contribution in [0.15, 0.2) is 0 Å². The molecule has 0 aromatic rings. The molecule has 1 aliphatic rings. The van der Waals surface area contributed by atoms with Gasteiger partial charge in [0.25, 0.3) is 0 Å². The minimum absolute atomic E-state index is 0.158. The van der Waals surface area contributed by atoms with Crippen LogP contribution in [0.5, 0.6) is 0 Å². The molecule has 1 aliphatic heterocycles. The van der Waals surface area contributed by atoms with Gasteiger partial charge in [-0.15, -0.1) is 0 Å². The lowest BCUT2D eigenvalue weighted by molar-refractivity contribution is 0.0517. The van der Waals surface area contributed by atoms with Crippen LogP contribution in [-0.2, 0) is 0 Å². The zero-order valence-corrected chi connectivity index (χ0v) is 9.66. The summed E-state index contributed by atoms with van der Waals surface area (Å²) in [6, 6.07) is 0.650. The van der Waals surface area contributed by atoms with Crippen molar-refractivity contribution in [3.63, 3.8) is 0 Å². The quantitative estimate of drug-likeness (QED) is 0.701. The number of piperidine rings is 1. The predicted octanol–water partition coefficient (Wildman–Crippen LogP) is 0.687. The van der Waals surface area contributed by atoms with Gasteiger partial charge in [0.15, 0.2) is 0 Å². The van der Waals surface area contributed by atoms with Crippen molar-refractivity contribution in [1.82, 2.24) is 10.2 Å². The Morgan fingerprint density at radius 3 is 2.36 bits per heavy atom. The van der Waals surface area contributed by atoms with E-state index in [-0.39, 0.29) is 6.10 Å². The summed E-state index contributed by atoms with van der Waals surface area (Å²) in [7, 11) is 1.90. The minimum Gasteiger partial charge on any atom is -0.392 e. The zero-order valence-electron chi connectivity index (χ0n) is 9.66. The third kappa shape index (κ3) is 3.23. The Morgan fingerprint density at radius 1 is 1.36 bits per heavy atom. The molecule has 3 nitrogen and oxygen atoms in total. The normalized spacial score (nSPS) is 22.9. The molecular weight excluding hydrogens is 176 g/mol. The van der Waals surface area contributed by atoms with Crippen molar-refractivity contribution in [2.45, 2.75) is 38.8 Å². The van der Waals surface area contributed by atoms with Crippen molar-refractivity contribution < 1.29 is 5.11 Å². The molecular formula is C11H24N2O. The average molecular weight is 200 g/mol. The smallest absolute Gasteiger partial charge is 0.0693 e. The Hall–Kier alpha value is -0.120. The number of nitrogens with one attached hydrogen (secondary N) is 1. The third-order valence-electron chi connectivity index (χ3n) is 3.26. The summed E-state index contributed by atoms with van der Waals surface area (Å²) in [5, 5.41) is 12.9. The van der Waals surface area contributed by atoms with Gasteiger partial charge in [0.1, 0.15) is 0 Å². The number of hydrogen-bond donors (Lipinski definition) is 2. The van der Waals surface area contributed by atoms with Crippen molar-refractivity contribution in [3.8, 4) is 0 Å². The maximum Gasteiger partial charge on any atom is 0.0693 e. The summed E-state index contributed by atoms with van der Waals surface area (Å²) in [5.74, 6) is 0.498. The van der Waals surface area contributed by atoms with Gasteiger partial charge in [-0.25, -0.2) is 0 Å². The van der Waals surface area contributed by atoms with E-state index in [0.29, 0.717) is 12.0 Å². The first-order chi connectivity index (χ1) is 6.65. The Labute approximate surface area is 87.5 Å². The van der Waals surface area contributed by atoms with Crippen LogP contribution in [0.1, 0.15) is 26.7 Å². The van der Waals surface area contributed by atoms with Gasteiger partial charge < -0.3 is 15.3 Å². The van der Waals surface area contributed by atoms with Gasteiger partial charge in [0.2, 0.25) is 0 Å². The Bertz CT molecular complexity index is 153. The van der Waals surface area contributed by atoms with Gasteiger partial charge in [-0.3, -0.25) is 0 Å². The fraction of sp³-hybridized carbons (Fsp3) is 1.00. The lowest BCUT2D eigenvalue weighted by Gasteiger charge is -2.36. The minimum atomic E-state index is -0.158. The molecule has 2 N–H and O–H groups in total. The highest BCUT2D eigenvalue weighted by Gasteiger charge is 2.25. The van der Waals surface area contributed by atoms with Crippen LogP contribution >= 0.6 is 0 Å². The molecule has 1 rings (SSSR count). The molecule has 0 aromatic heterocycles. The molecule has 0 aliphatic carbocycles. The molecule has 0 saturated carbocycles. The molecule has 1 heterocycles. The second kappa shape index (κ2) is 5.69. The number of aliphatic hydroxyl groups is 1. The highest BCUT2D eigenvalue weighted by atomic mass is 16.3. The summed E-state index contributed by atoms with van der Waals surface area (Å²) < 4.78 is 0. The van der Waals surface area contributed by atoms with E-state index in [4.69, 9.17) is 0 Å². The second-order valence-corrected chi connectivity index (χ2v) is 4.59. The van der Waals surface area contributed by atoms with Crippen LogP contribution in [0.25, 0.3) is 0 Å². The Balaban J connectivity index is 2.28. The maximum absolute atomic E-state index is 9.82. The van der Waals surface area contributed by atoms with Gasteiger partial charge >= 0.3 is 0 Å². The molecule has 0 radical (unpaired) electrons. The molecule has 84 valence electrons. The van der Waals surface area contributed by atoms with E-state index in [1.165, 1.54) is 0 Å². The molecule has 1 fully saturated rings. The molecule has 0 aromatic carbocycles. The maximum atomic E-state index is 9.82. The fourth-order valence-electron chi connectivity index (χ4n) is 2.20. The van der Waals surface area contributed by atoms with Crippen LogP contribution in [0, 0.1) is 5.92 Å². The predicted molar refractivity (Wildman–Crippen MR) is 59.4 cm³/mol. The van der Waals surface area contributed by atoms with Crippen molar-refractivity contribution in [2.75, 3.05) is 26.7 Å². The van der Waals surface area contributed by atoms with E-state index in [2.05, 4.69) is 24.1 Å². The first kappa shape index (κ1) is 12.0. The van der Waals surface area contributed by atoms with Crippen molar-refractivity contribution in [1.29, 1.82) is 0 Å². The van der Waals surface area contributed by atoms with E-state index in [0.717, 1.165) is 32.5 Å². The lowest BCUT2D eigenvalue weighted by atomic mass is 9.90. The van der Waals surface area contributed by atoms with Crippen LogP contribution in [0.2, 0.25) is 0 Å². The SMILES string of the molecule is CNCC(O)C1CCN(C(C)C)CC1. The van der Waals surface area contributed by atoms with Gasteiger partial charge in [-0.1, -0.05) is 0 Å². The fourth-order valence-corrected chi connectivity index (χ4v) is 2.20. The first-order valence-corrected chi connectivity index (χ1v) is 5.72. The van der Waals surface area contributed by atoms with E-state index in [9.17, 15) is 5.11 Å². The molecule has 1 saturated heterocycles. The number of aliphatic hydroxyl groups excluding tert-OH is 1. The summed E-state index contributed by atoms with van der Waals surface area (Å²) in [6.45, 7) is 7.49. The zero-order chi connectivity index (χ0) is 10.6. The molecule has 14 heavy (non-hydrogen) atoms. The van der Waals surface area contributed by atoms with E-state index in [1.807, 2.05) is 7.05 Å². The van der Waals surface area contributed by atoms with Gasteiger partial charge in [0.05, 0.1) is 6.10 Å². The standard InChI is InChI=1S/C11H24N2O/c1-9(2)13-6-4-10(5-7-13)11(14)8-12-3/h9-12,14H,4-8H2,1-3H3. The topological polar surface area (TPSA) is 35.5 Å². The van der Waals surface area contributed by atoms with Crippen molar-refractivity contribution in [2.24, 2.45) is 5.92 Å². The van der Waals surface area contributed by atoms with Gasteiger partial charge in [0, 0.05) is 12.6 Å². The molecule has 0 spiro atoms. The average Bonchev–Trinajstić information content (AvgIpc) is 2.18. The second-order valence-electron chi connectivity index (χ2n) is 4.59.